The third-order valence-corrected chi connectivity index (χ3v) is 4.08. The van der Waals surface area contributed by atoms with Crippen molar-refractivity contribution < 1.29 is 4.52 Å². The molecule has 1 aliphatic carbocycles. The van der Waals surface area contributed by atoms with Gasteiger partial charge >= 0.3 is 0 Å². The average Bonchev–Trinajstić information content (AvgIpc) is 3.05. The highest BCUT2D eigenvalue weighted by Gasteiger charge is 2.35. The second-order valence-electron chi connectivity index (χ2n) is 5.96. The first-order valence-corrected chi connectivity index (χ1v) is 6.95. The quantitative estimate of drug-likeness (QED) is 0.869. The fourth-order valence-corrected chi connectivity index (χ4v) is 2.52. The molecule has 0 unspecified atom stereocenters. The third kappa shape index (κ3) is 2.42. The first kappa shape index (κ1) is 12.1. The maximum Gasteiger partial charge on any atom is 0.226 e. The van der Waals surface area contributed by atoms with Crippen LogP contribution in [0.2, 0.25) is 0 Å². The zero-order valence-electron chi connectivity index (χ0n) is 11.3. The predicted octanol–water partition coefficient (Wildman–Crippen LogP) is 1.16. The van der Waals surface area contributed by atoms with Gasteiger partial charge in [0, 0.05) is 32.6 Å². The summed E-state index contributed by atoms with van der Waals surface area (Å²) in [6.45, 7) is 8.53. The summed E-state index contributed by atoms with van der Waals surface area (Å²) >= 11 is 0. The third-order valence-electron chi connectivity index (χ3n) is 4.08. The Kier molecular flexibility index (Phi) is 3.11. The zero-order valence-corrected chi connectivity index (χ0v) is 11.3. The van der Waals surface area contributed by atoms with E-state index in [0.29, 0.717) is 0 Å². The van der Waals surface area contributed by atoms with Gasteiger partial charge < -0.3 is 9.84 Å². The molecule has 18 heavy (non-hydrogen) atoms. The van der Waals surface area contributed by atoms with Gasteiger partial charge in [0.15, 0.2) is 5.82 Å². The Labute approximate surface area is 108 Å². The summed E-state index contributed by atoms with van der Waals surface area (Å²) in [4.78, 5) is 7.02. The van der Waals surface area contributed by atoms with Gasteiger partial charge in [-0.05, 0) is 32.6 Å². The minimum absolute atomic E-state index is 0.132. The molecule has 1 saturated heterocycles. The van der Waals surface area contributed by atoms with Gasteiger partial charge in [0.1, 0.15) is 0 Å². The van der Waals surface area contributed by atoms with Crippen molar-refractivity contribution in [2.24, 2.45) is 5.92 Å². The van der Waals surface area contributed by atoms with Crippen LogP contribution in [0.5, 0.6) is 0 Å². The molecule has 0 radical (unpaired) electrons. The van der Waals surface area contributed by atoms with Crippen LogP contribution in [0.3, 0.4) is 0 Å². The highest BCUT2D eigenvalue weighted by atomic mass is 16.5. The molecule has 2 heterocycles. The van der Waals surface area contributed by atoms with E-state index in [-0.39, 0.29) is 5.54 Å². The van der Waals surface area contributed by atoms with Crippen LogP contribution in [0, 0.1) is 5.92 Å². The van der Waals surface area contributed by atoms with Crippen molar-refractivity contribution in [2.45, 2.75) is 38.6 Å². The molecule has 0 aromatic carbocycles. The molecule has 0 atom stereocenters. The summed E-state index contributed by atoms with van der Waals surface area (Å²) in [6, 6.07) is 0. The molecule has 100 valence electrons. The molecule has 0 bridgehead atoms. The minimum atomic E-state index is -0.132. The molecule has 2 fully saturated rings. The van der Waals surface area contributed by atoms with Crippen molar-refractivity contribution >= 4 is 0 Å². The van der Waals surface area contributed by atoms with E-state index < -0.39 is 0 Å². The maximum atomic E-state index is 5.39. The molecule has 1 aromatic rings. The molecule has 2 aliphatic rings. The van der Waals surface area contributed by atoms with Gasteiger partial charge in [-0.1, -0.05) is 5.16 Å². The molecule has 1 saturated carbocycles. The van der Waals surface area contributed by atoms with E-state index in [9.17, 15) is 0 Å². The number of aromatic nitrogens is 2. The largest absolute Gasteiger partial charge is 0.339 e. The van der Waals surface area contributed by atoms with E-state index in [1.807, 2.05) is 0 Å². The first-order chi connectivity index (χ1) is 8.66. The fraction of sp³-hybridized carbons (Fsp3) is 0.846. The normalized spacial score (nSPS) is 22.3. The van der Waals surface area contributed by atoms with Gasteiger partial charge in [0.2, 0.25) is 5.89 Å². The Morgan fingerprint density at radius 3 is 2.72 bits per heavy atom. The lowest BCUT2D eigenvalue weighted by Crippen LogP contribution is -2.52. The highest BCUT2D eigenvalue weighted by molar-refractivity contribution is 5.03. The summed E-state index contributed by atoms with van der Waals surface area (Å²) in [5.41, 5.74) is -0.132. The molecule has 5 heteroatoms. The van der Waals surface area contributed by atoms with Gasteiger partial charge in [-0.15, -0.1) is 0 Å². The molecule has 5 nitrogen and oxygen atoms in total. The molecule has 1 aromatic heterocycles. The van der Waals surface area contributed by atoms with E-state index in [1.54, 1.807) is 0 Å². The second kappa shape index (κ2) is 4.63. The topological polar surface area (TPSA) is 54.2 Å². The Morgan fingerprint density at radius 2 is 2.06 bits per heavy atom. The summed E-state index contributed by atoms with van der Waals surface area (Å²) < 4.78 is 5.39. The summed E-state index contributed by atoms with van der Waals surface area (Å²) in [6.07, 6.45) is 3.60. The van der Waals surface area contributed by atoms with Crippen LogP contribution < -0.4 is 5.32 Å². The van der Waals surface area contributed by atoms with Crippen LogP contribution in [0.1, 0.15) is 38.4 Å². The summed E-state index contributed by atoms with van der Waals surface area (Å²) in [5.74, 6) is 2.44. The number of hydrogen-bond donors (Lipinski definition) is 1. The molecular formula is C13H22N4O. The van der Waals surface area contributed by atoms with Crippen LogP contribution in [-0.4, -0.2) is 41.2 Å². The van der Waals surface area contributed by atoms with E-state index >= 15 is 0 Å². The number of hydrogen-bond acceptors (Lipinski definition) is 5. The second-order valence-corrected chi connectivity index (χ2v) is 5.96. The number of nitrogens with zero attached hydrogens (tertiary/aromatic N) is 3. The number of nitrogens with one attached hydrogen (secondary N) is 1. The van der Waals surface area contributed by atoms with Crippen molar-refractivity contribution in [2.75, 3.05) is 26.2 Å². The van der Waals surface area contributed by atoms with Crippen LogP contribution in [0.25, 0.3) is 0 Å². The predicted molar refractivity (Wildman–Crippen MR) is 68.2 cm³/mol. The van der Waals surface area contributed by atoms with E-state index in [1.165, 1.54) is 12.8 Å². The Hall–Kier alpha value is -0.940. The van der Waals surface area contributed by atoms with E-state index in [4.69, 9.17) is 4.52 Å². The van der Waals surface area contributed by atoms with Gasteiger partial charge in [-0.2, -0.15) is 4.98 Å². The lowest BCUT2D eigenvalue weighted by atomic mass is 10.0. The van der Waals surface area contributed by atoms with Crippen LogP contribution in [0.4, 0.5) is 0 Å². The van der Waals surface area contributed by atoms with Gasteiger partial charge in [-0.3, -0.25) is 4.90 Å². The van der Waals surface area contributed by atoms with Crippen molar-refractivity contribution in [3.05, 3.63) is 11.7 Å². The Bertz CT molecular complexity index is 405. The van der Waals surface area contributed by atoms with E-state index in [0.717, 1.165) is 50.2 Å². The molecule has 1 N–H and O–H groups in total. The van der Waals surface area contributed by atoms with Gasteiger partial charge in [-0.25, -0.2) is 0 Å². The molecular weight excluding hydrogens is 228 g/mol. The summed E-state index contributed by atoms with van der Waals surface area (Å²) in [7, 11) is 0. The lowest BCUT2D eigenvalue weighted by molar-refractivity contribution is 0.0924. The SMILES string of the molecule is CC(C)(c1noc(CC2CC2)n1)N1CCNCC1. The smallest absolute Gasteiger partial charge is 0.226 e. The van der Waals surface area contributed by atoms with Crippen LogP contribution in [0.15, 0.2) is 4.52 Å². The van der Waals surface area contributed by atoms with Crippen molar-refractivity contribution in [1.29, 1.82) is 0 Å². The van der Waals surface area contributed by atoms with Crippen molar-refractivity contribution in [3.8, 4) is 0 Å². The van der Waals surface area contributed by atoms with Crippen LogP contribution in [-0.2, 0) is 12.0 Å². The van der Waals surface area contributed by atoms with Gasteiger partial charge in [0.25, 0.3) is 0 Å². The Morgan fingerprint density at radius 1 is 1.33 bits per heavy atom. The maximum absolute atomic E-state index is 5.39. The van der Waals surface area contributed by atoms with E-state index in [2.05, 4.69) is 34.2 Å². The Balaban J connectivity index is 1.72. The van der Waals surface area contributed by atoms with Crippen molar-refractivity contribution in [1.82, 2.24) is 20.4 Å². The minimum Gasteiger partial charge on any atom is -0.339 e. The molecule has 3 rings (SSSR count). The molecule has 0 amide bonds. The average molecular weight is 250 g/mol. The summed E-state index contributed by atoms with van der Waals surface area (Å²) in [5, 5.41) is 7.57. The fourth-order valence-electron chi connectivity index (χ4n) is 2.52. The number of rotatable bonds is 4. The molecule has 0 spiro atoms. The highest BCUT2D eigenvalue weighted by Crippen LogP contribution is 2.33. The standard InChI is InChI=1S/C13H22N4O/c1-13(2,17-7-5-14-6-8-17)12-15-11(18-16-12)9-10-3-4-10/h10,14H,3-9H2,1-2H3. The van der Waals surface area contributed by atoms with Gasteiger partial charge in [0.05, 0.1) is 5.54 Å². The first-order valence-electron chi connectivity index (χ1n) is 6.95. The monoisotopic (exact) mass is 250 g/mol. The number of piperazine rings is 1. The molecule has 1 aliphatic heterocycles. The zero-order chi connectivity index (χ0) is 12.6. The van der Waals surface area contributed by atoms with Crippen LogP contribution >= 0.6 is 0 Å². The lowest BCUT2D eigenvalue weighted by Gasteiger charge is -2.38. The van der Waals surface area contributed by atoms with Crippen molar-refractivity contribution in [3.63, 3.8) is 0 Å².